The van der Waals surface area contributed by atoms with Crippen molar-refractivity contribution in [2.45, 2.75) is 51.4 Å². The molecule has 0 aliphatic heterocycles. The third-order valence-corrected chi connectivity index (χ3v) is 3.08. The van der Waals surface area contributed by atoms with Crippen molar-refractivity contribution in [2.24, 2.45) is 0 Å². The van der Waals surface area contributed by atoms with Crippen LogP contribution in [0.3, 0.4) is 0 Å². The van der Waals surface area contributed by atoms with Gasteiger partial charge in [-0.25, -0.2) is 0 Å². The summed E-state index contributed by atoms with van der Waals surface area (Å²) in [6.07, 6.45) is 12.0. The molecule has 0 bridgehead atoms. The van der Waals surface area contributed by atoms with Gasteiger partial charge < -0.3 is 5.11 Å². The summed E-state index contributed by atoms with van der Waals surface area (Å²) in [5.41, 5.74) is 1.17. The van der Waals surface area contributed by atoms with E-state index < -0.39 is 5.97 Å². The van der Waals surface area contributed by atoms with E-state index in [0.717, 1.165) is 19.3 Å². The number of carboxylic acids is 1. The molecule has 0 aliphatic rings. The van der Waals surface area contributed by atoms with E-state index in [0.29, 0.717) is 6.42 Å². The summed E-state index contributed by atoms with van der Waals surface area (Å²) in [7, 11) is 0. The first-order chi connectivity index (χ1) is 10.2. The fourth-order valence-corrected chi connectivity index (χ4v) is 1.86. The normalized spacial score (nSPS) is 9.33. The van der Waals surface area contributed by atoms with Gasteiger partial charge in [-0.3, -0.25) is 4.79 Å². The van der Waals surface area contributed by atoms with Gasteiger partial charge in [0.05, 0.1) is 0 Å². The smallest absolute Gasteiger partial charge is 0.303 e. The van der Waals surface area contributed by atoms with Crippen LogP contribution in [0.1, 0.15) is 56.9 Å². The number of carboxylic acid groups (broad SMARTS) is 1. The Morgan fingerprint density at radius 1 is 0.952 bits per heavy atom. The number of unbranched alkanes of at least 4 members (excludes halogenated alkanes) is 6. The largest absolute Gasteiger partial charge is 0.481 e. The number of carbonyl (C=O) groups is 1. The summed E-state index contributed by atoms with van der Waals surface area (Å²) in [4.78, 5) is 10.2. The van der Waals surface area contributed by atoms with Crippen molar-refractivity contribution in [1.29, 1.82) is 0 Å². The molecule has 0 saturated heterocycles. The first-order valence-corrected chi connectivity index (χ1v) is 7.71. The van der Waals surface area contributed by atoms with Crippen LogP contribution in [-0.2, 0) is 4.79 Å². The van der Waals surface area contributed by atoms with Crippen molar-refractivity contribution in [3.63, 3.8) is 0 Å². The van der Waals surface area contributed by atoms with Crippen LogP contribution in [0.2, 0.25) is 0 Å². The Kier molecular flexibility index (Phi) is 13.3. The van der Waals surface area contributed by atoms with Crippen LogP contribution in [0.4, 0.5) is 0 Å². The number of aliphatic carboxylic acids is 1. The van der Waals surface area contributed by atoms with E-state index in [1.807, 2.05) is 42.5 Å². The molecule has 1 aromatic rings. The van der Waals surface area contributed by atoms with Crippen LogP contribution < -0.4 is 0 Å². The van der Waals surface area contributed by atoms with Gasteiger partial charge in [0.15, 0.2) is 0 Å². The first-order valence-electron chi connectivity index (χ1n) is 7.71. The zero-order valence-corrected chi connectivity index (χ0v) is 13.0. The van der Waals surface area contributed by atoms with Gasteiger partial charge in [0.1, 0.15) is 0 Å². The summed E-state index contributed by atoms with van der Waals surface area (Å²) in [6, 6.07) is 10.0. The van der Waals surface area contributed by atoms with E-state index in [2.05, 4.69) is 13.2 Å². The molecule has 0 atom stereocenters. The fraction of sp³-hybridized carbons (Fsp3) is 0.421. The topological polar surface area (TPSA) is 37.3 Å². The van der Waals surface area contributed by atoms with Crippen LogP contribution >= 0.6 is 0 Å². The lowest BCUT2D eigenvalue weighted by molar-refractivity contribution is -0.137. The van der Waals surface area contributed by atoms with Gasteiger partial charge in [-0.05, 0) is 24.8 Å². The van der Waals surface area contributed by atoms with Crippen LogP contribution in [0.25, 0.3) is 6.08 Å². The predicted octanol–water partition coefficient (Wildman–Crippen LogP) is 5.71. The molecule has 0 saturated carbocycles. The summed E-state index contributed by atoms with van der Waals surface area (Å²) in [6.45, 7) is 7.29. The molecule has 0 spiro atoms. The highest BCUT2D eigenvalue weighted by molar-refractivity contribution is 5.66. The maximum absolute atomic E-state index is 10.2. The van der Waals surface area contributed by atoms with Crippen LogP contribution in [-0.4, -0.2) is 11.1 Å². The highest BCUT2D eigenvalue weighted by atomic mass is 16.4. The second kappa shape index (κ2) is 14.6. The van der Waals surface area contributed by atoms with Crippen LogP contribution in [0, 0.1) is 0 Å². The molecule has 0 aliphatic carbocycles. The molecule has 0 heterocycles. The average Bonchev–Trinajstić information content (AvgIpc) is 2.51. The van der Waals surface area contributed by atoms with Crippen molar-refractivity contribution in [3.8, 4) is 0 Å². The standard InChI is InChI=1S/C11H20O2.C8H8/c1-2-3-4-5-6-7-8-9-10-11(12)13;1-2-8-6-4-3-5-7-8/h2H,1,3-10H2,(H,12,13);2-7H,1H2. The van der Waals surface area contributed by atoms with Crippen LogP contribution in [0.5, 0.6) is 0 Å². The van der Waals surface area contributed by atoms with Gasteiger partial charge in [-0.1, -0.05) is 74.7 Å². The minimum atomic E-state index is -0.674. The molecule has 2 heteroatoms. The first kappa shape index (κ1) is 19.2. The van der Waals surface area contributed by atoms with Gasteiger partial charge in [-0.2, -0.15) is 0 Å². The van der Waals surface area contributed by atoms with E-state index in [-0.39, 0.29) is 0 Å². The van der Waals surface area contributed by atoms with Crippen molar-refractivity contribution < 1.29 is 9.90 Å². The Balaban J connectivity index is 0.000000423. The summed E-state index contributed by atoms with van der Waals surface area (Å²) >= 11 is 0. The molecule has 2 nitrogen and oxygen atoms in total. The Labute approximate surface area is 129 Å². The van der Waals surface area contributed by atoms with Gasteiger partial charge in [-0.15, -0.1) is 6.58 Å². The number of hydrogen-bond donors (Lipinski definition) is 1. The molecule has 0 unspecified atom stereocenters. The highest BCUT2D eigenvalue weighted by Crippen LogP contribution is 2.08. The highest BCUT2D eigenvalue weighted by Gasteiger charge is 1.95. The molecule has 1 aromatic carbocycles. The predicted molar refractivity (Wildman–Crippen MR) is 91.3 cm³/mol. The van der Waals surface area contributed by atoms with E-state index in [1.165, 1.54) is 31.2 Å². The second-order valence-corrected chi connectivity index (χ2v) is 4.96. The van der Waals surface area contributed by atoms with Gasteiger partial charge in [0.25, 0.3) is 0 Å². The average molecular weight is 288 g/mol. The molecule has 0 fully saturated rings. The van der Waals surface area contributed by atoms with Gasteiger partial charge in [0.2, 0.25) is 0 Å². The van der Waals surface area contributed by atoms with Gasteiger partial charge in [0, 0.05) is 6.42 Å². The Morgan fingerprint density at radius 3 is 2.00 bits per heavy atom. The lowest BCUT2D eigenvalue weighted by Crippen LogP contribution is -1.93. The lowest BCUT2D eigenvalue weighted by Gasteiger charge is -1.98. The third-order valence-electron chi connectivity index (χ3n) is 3.08. The summed E-state index contributed by atoms with van der Waals surface area (Å²) < 4.78 is 0. The lowest BCUT2D eigenvalue weighted by atomic mass is 10.1. The molecular formula is C19H28O2. The van der Waals surface area contributed by atoms with Crippen molar-refractivity contribution in [3.05, 3.63) is 55.1 Å². The Morgan fingerprint density at radius 2 is 1.52 bits per heavy atom. The van der Waals surface area contributed by atoms with E-state index in [9.17, 15) is 4.79 Å². The molecule has 1 rings (SSSR count). The quantitative estimate of drug-likeness (QED) is 0.442. The molecule has 0 amide bonds. The summed E-state index contributed by atoms with van der Waals surface area (Å²) in [5, 5.41) is 8.38. The number of benzene rings is 1. The minimum absolute atomic E-state index is 0.326. The maximum Gasteiger partial charge on any atom is 0.303 e. The molecule has 1 N–H and O–H groups in total. The second-order valence-electron chi connectivity index (χ2n) is 4.96. The van der Waals surface area contributed by atoms with Crippen molar-refractivity contribution >= 4 is 12.0 Å². The molecule has 21 heavy (non-hydrogen) atoms. The monoisotopic (exact) mass is 288 g/mol. The SMILES string of the molecule is C=CCCCCCCCCC(=O)O.C=Cc1ccccc1. The number of rotatable bonds is 10. The van der Waals surface area contributed by atoms with E-state index >= 15 is 0 Å². The zero-order valence-electron chi connectivity index (χ0n) is 13.0. The molecule has 116 valence electrons. The minimum Gasteiger partial charge on any atom is -0.481 e. The Bertz CT molecular complexity index is 382. The maximum atomic E-state index is 10.2. The van der Waals surface area contributed by atoms with E-state index in [4.69, 9.17) is 5.11 Å². The van der Waals surface area contributed by atoms with Crippen LogP contribution in [0.15, 0.2) is 49.6 Å². The fourth-order valence-electron chi connectivity index (χ4n) is 1.86. The van der Waals surface area contributed by atoms with Crippen molar-refractivity contribution in [2.75, 3.05) is 0 Å². The zero-order chi connectivity index (χ0) is 15.8. The molecular weight excluding hydrogens is 260 g/mol. The Hall–Kier alpha value is -1.83. The third kappa shape index (κ3) is 14.4. The number of hydrogen-bond acceptors (Lipinski definition) is 1. The van der Waals surface area contributed by atoms with Crippen molar-refractivity contribution in [1.82, 2.24) is 0 Å². The van der Waals surface area contributed by atoms with Gasteiger partial charge >= 0.3 is 5.97 Å². The number of allylic oxidation sites excluding steroid dienone is 1. The summed E-state index contributed by atoms with van der Waals surface area (Å²) in [5.74, 6) is -0.674. The molecule has 0 radical (unpaired) electrons. The van der Waals surface area contributed by atoms with E-state index in [1.54, 1.807) is 0 Å². The molecule has 0 aromatic heterocycles.